The summed E-state index contributed by atoms with van der Waals surface area (Å²) in [7, 11) is 0. The molecule has 1 aromatic rings. The standard InChI is InChI=1S/C14H21N/c1-4-6-10-9-14(2,3)11-7-5-8-12(15)13(10)11/h5,7-8,10H,4,6,9,15H2,1-3H3/t10-/m0/s1. The molecule has 0 bridgehead atoms. The summed E-state index contributed by atoms with van der Waals surface area (Å²) in [5.41, 5.74) is 10.3. The van der Waals surface area contributed by atoms with Gasteiger partial charge in [0.15, 0.2) is 0 Å². The van der Waals surface area contributed by atoms with Crippen LogP contribution in [-0.4, -0.2) is 0 Å². The predicted octanol–water partition coefficient (Wildman–Crippen LogP) is 3.83. The largest absolute Gasteiger partial charge is 0.398 e. The van der Waals surface area contributed by atoms with Crippen molar-refractivity contribution in [2.75, 3.05) is 5.73 Å². The minimum absolute atomic E-state index is 0.310. The smallest absolute Gasteiger partial charge is 0.0352 e. The minimum atomic E-state index is 0.310. The van der Waals surface area contributed by atoms with Crippen LogP contribution < -0.4 is 5.73 Å². The maximum absolute atomic E-state index is 6.11. The van der Waals surface area contributed by atoms with E-state index in [0.717, 1.165) is 5.69 Å². The summed E-state index contributed by atoms with van der Waals surface area (Å²) in [5, 5.41) is 0. The average molecular weight is 203 g/mol. The van der Waals surface area contributed by atoms with Gasteiger partial charge < -0.3 is 5.73 Å². The lowest BCUT2D eigenvalue weighted by Crippen LogP contribution is -2.12. The molecule has 0 saturated carbocycles. The molecule has 0 saturated heterocycles. The molecule has 0 unspecified atom stereocenters. The first-order chi connectivity index (χ1) is 7.06. The van der Waals surface area contributed by atoms with E-state index in [2.05, 4.69) is 32.9 Å². The predicted molar refractivity (Wildman–Crippen MR) is 66.1 cm³/mol. The van der Waals surface area contributed by atoms with Gasteiger partial charge in [0, 0.05) is 5.69 Å². The van der Waals surface area contributed by atoms with Gasteiger partial charge in [0.25, 0.3) is 0 Å². The lowest BCUT2D eigenvalue weighted by Gasteiger charge is -2.19. The normalized spacial score (nSPS) is 22.7. The number of rotatable bonds is 2. The molecule has 1 atom stereocenters. The van der Waals surface area contributed by atoms with E-state index in [4.69, 9.17) is 5.73 Å². The highest BCUT2D eigenvalue weighted by Crippen LogP contribution is 2.49. The van der Waals surface area contributed by atoms with Gasteiger partial charge >= 0.3 is 0 Å². The maximum atomic E-state index is 6.11. The Morgan fingerprint density at radius 3 is 2.80 bits per heavy atom. The lowest BCUT2D eigenvalue weighted by atomic mass is 9.85. The van der Waals surface area contributed by atoms with Gasteiger partial charge in [-0.2, -0.15) is 0 Å². The van der Waals surface area contributed by atoms with Crippen LogP contribution >= 0.6 is 0 Å². The summed E-state index contributed by atoms with van der Waals surface area (Å²) in [4.78, 5) is 0. The second kappa shape index (κ2) is 3.55. The molecule has 2 rings (SSSR count). The summed E-state index contributed by atoms with van der Waals surface area (Å²) in [5.74, 6) is 0.682. The Bertz CT molecular complexity index is 366. The fourth-order valence-electron chi connectivity index (χ4n) is 3.05. The summed E-state index contributed by atoms with van der Waals surface area (Å²) >= 11 is 0. The molecule has 0 aliphatic heterocycles. The Kier molecular flexibility index (Phi) is 2.49. The van der Waals surface area contributed by atoms with Crippen molar-refractivity contribution in [1.82, 2.24) is 0 Å². The Balaban J connectivity index is 2.48. The van der Waals surface area contributed by atoms with Gasteiger partial charge in [-0.3, -0.25) is 0 Å². The van der Waals surface area contributed by atoms with Crippen molar-refractivity contribution in [3.8, 4) is 0 Å². The summed E-state index contributed by atoms with van der Waals surface area (Å²) in [6, 6.07) is 6.38. The number of nitrogens with two attached hydrogens (primary N) is 1. The zero-order chi connectivity index (χ0) is 11.1. The van der Waals surface area contributed by atoms with Crippen LogP contribution in [0.25, 0.3) is 0 Å². The number of nitrogen functional groups attached to an aromatic ring is 1. The Morgan fingerprint density at radius 1 is 1.40 bits per heavy atom. The first kappa shape index (κ1) is 10.5. The molecule has 0 aromatic heterocycles. The summed E-state index contributed by atoms with van der Waals surface area (Å²) in [6.45, 7) is 6.92. The molecule has 1 aliphatic rings. The van der Waals surface area contributed by atoms with Crippen LogP contribution in [0.1, 0.15) is 57.1 Å². The highest BCUT2D eigenvalue weighted by atomic mass is 14.6. The molecule has 0 spiro atoms. The van der Waals surface area contributed by atoms with Crippen LogP contribution in [0, 0.1) is 0 Å². The van der Waals surface area contributed by atoms with E-state index in [9.17, 15) is 0 Å². The molecule has 82 valence electrons. The highest BCUT2D eigenvalue weighted by molar-refractivity contribution is 5.57. The van der Waals surface area contributed by atoms with Crippen molar-refractivity contribution in [1.29, 1.82) is 0 Å². The van der Waals surface area contributed by atoms with Crippen molar-refractivity contribution in [2.24, 2.45) is 0 Å². The van der Waals surface area contributed by atoms with E-state index in [0.29, 0.717) is 11.3 Å². The fourth-order valence-corrected chi connectivity index (χ4v) is 3.05. The van der Waals surface area contributed by atoms with Crippen LogP contribution in [0.3, 0.4) is 0 Å². The van der Waals surface area contributed by atoms with Gasteiger partial charge in [-0.25, -0.2) is 0 Å². The number of hydrogen-bond acceptors (Lipinski definition) is 1. The van der Waals surface area contributed by atoms with Crippen molar-refractivity contribution in [3.63, 3.8) is 0 Å². The molecule has 1 heteroatoms. The third-order valence-electron chi connectivity index (χ3n) is 3.67. The van der Waals surface area contributed by atoms with E-state index in [1.54, 1.807) is 0 Å². The SMILES string of the molecule is CCC[C@H]1CC(C)(C)c2cccc(N)c21. The third-order valence-corrected chi connectivity index (χ3v) is 3.67. The van der Waals surface area contributed by atoms with Gasteiger partial charge in [0.05, 0.1) is 0 Å². The zero-order valence-electron chi connectivity index (χ0n) is 10.0. The van der Waals surface area contributed by atoms with Crippen LogP contribution in [0.2, 0.25) is 0 Å². The quantitative estimate of drug-likeness (QED) is 0.726. The van der Waals surface area contributed by atoms with Gasteiger partial charge in [-0.05, 0) is 41.4 Å². The number of anilines is 1. The summed E-state index contributed by atoms with van der Waals surface area (Å²) in [6.07, 6.45) is 3.77. The number of fused-ring (bicyclic) bond motifs is 1. The second-order valence-electron chi connectivity index (χ2n) is 5.38. The molecule has 1 aliphatic carbocycles. The van der Waals surface area contributed by atoms with Crippen LogP contribution in [0.15, 0.2) is 18.2 Å². The molecule has 0 amide bonds. The fraction of sp³-hybridized carbons (Fsp3) is 0.571. The van der Waals surface area contributed by atoms with Crippen LogP contribution in [0.5, 0.6) is 0 Å². The Labute approximate surface area is 92.7 Å². The van der Waals surface area contributed by atoms with E-state index >= 15 is 0 Å². The second-order valence-corrected chi connectivity index (χ2v) is 5.38. The molecule has 0 radical (unpaired) electrons. The lowest BCUT2D eigenvalue weighted by molar-refractivity contribution is 0.458. The first-order valence-corrected chi connectivity index (χ1v) is 5.95. The molecule has 0 fully saturated rings. The monoisotopic (exact) mass is 203 g/mol. The first-order valence-electron chi connectivity index (χ1n) is 5.95. The van der Waals surface area contributed by atoms with E-state index in [-0.39, 0.29) is 0 Å². The Hall–Kier alpha value is -0.980. The zero-order valence-corrected chi connectivity index (χ0v) is 10.0. The van der Waals surface area contributed by atoms with Crippen molar-refractivity contribution < 1.29 is 0 Å². The van der Waals surface area contributed by atoms with Crippen LogP contribution in [-0.2, 0) is 5.41 Å². The van der Waals surface area contributed by atoms with Crippen LogP contribution in [0.4, 0.5) is 5.69 Å². The van der Waals surface area contributed by atoms with Crippen molar-refractivity contribution >= 4 is 5.69 Å². The van der Waals surface area contributed by atoms with Gasteiger partial charge in [0.1, 0.15) is 0 Å². The molecule has 15 heavy (non-hydrogen) atoms. The minimum Gasteiger partial charge on any atom is -0.398 e. The Morgan fingerprint density at radius 2 is 2.13 bits per heavy atom. The summed E-state index contributed by atoms with van der Waals surface area (Å²) < 4.78 is 0. The topological polar surface area (TPSA) is 26.0 Å². The van der Waals surface area contributed by atoms with E-state index < -0.39 is 0 Å². The molecule has 1 aromatic carbocycles. The van der Waals surface area contributed by atoms with E-state index in [1.807, 2.05) is 6.07 Å². The third kappa shape index (κ3) is 1.64. The van der Waals surface area contributed by atoms with Gasteiger partial charge in [0.2, 0.25) is 0 Å². The molecular formula is C14H21N. The van der Waals surface area contributed by atoms with Crippen molar-refractivity contribution in [2.45, 2.75) is 51.4 Å². The van der Waals surface area contributed by atoms with Crippen molar-refractivity contribution in [3.05, 3.63) is 29.3 Å². The number of hydrogen-bond donors (Lipinski definition) is 1. The number of benzene rings is 1. The molecule has 1 nitrogen and oxygen atoms in total. The highest BCUT2D eigenvalue weighted by Gasteiger charge is 2.37. The van der Waals surface area contributed by atoms with E-state index in [1.165, 1.54) is 30.4 Å². The molecule has 2 N–H and O–H groups in total. The maximum Gasteiger partial charge on any atom is 0.0352 e. The van der Waals surface area contributed by atoms with Gasteiger partial charge in [-0.1, -0.05) is 39.3 Å². The average Bonchev–Trinajstić information content (AvgIpc) is 2.41. The molecule has 0 heterocycles. The molecular weight excluding hydrogens is 182 g/mol. The van der Waals surface area contributed by atoms with Gasteiger partial charge in [-0.15, -0.1) is 0 Å².